The molecule has 5 nitrogen and oxygen atoms in total. The lowest BCUT2D eigenvalue weighted by molar-refractivity contribution is -0.140. The molecule has 0 atom stereocenters. The van der Waals surface area contributed by atoms with Crippen LogP contribution in [-0.2, 0) is 22.6 Å². The maximum absolute atomic E-state index is 12.1. The van der Waals surface area contributed by atoms with Crippen molar-refractivity contribution in [1.82, 2.24) is 10.3 Å². The zero-order valence-corrected chi connectivity index (χ0v) is 13.2. The molecule has 0 radical (unpaired) electrons. The summed E-state index contributed by atoms with van der Waals surface area (Å²) < 4.78 is 0. The van der Waals surface area contributed by atoms with E-state index in [9.17, 15) is 9.59 Å². The predicted octanol–water partition coefficient (Wildman–Crippen LogP) is 2.75. The van der Waals surface area contributed by atoms with Crippen molar-refractivity contribution < 1.29 is 14.7 Å². The number of aryl methyl sites for hydroxylation is 1. The molecule has 21 heavy (non-hydrogen) atoms. The molecule has 116 valence electrons. The molecule has 0 spiro atoms. The molecule has 0 aromatic carbocycles. The molecule has 1 aromatic heterocycles. The van der Waals surface area contributed by atoms with Crippen molar-refractivity contribution in [1.29, 1.82) is 0 Å². The van der Waals surface area contributed by atoms with E-state index in [0.29, 0.717) is 13.0 Å². The van der Waals surface area contributed by atoms with Crippen LogP contribution in [-0.4, -0.2) is 22.0 Å². The van der Waals surface area contributed by atoms with Crippen molar-refractivity contribution >= 4 is 23.2 Å². The highest BCUT2D eigenvalue weighted by Crippen LogP contribution is 2.44. The van der Waals surface area contributed by atoms with E-state index in [2.05, 4.69) is 17.2 Å². The second-order valence-corrected chi connectivity index (χ2v) is 7.00. The van der Waals surface area contributed by atoms with Crippen molar-refractivity contribution in [3.63, 3.8) is 0 Å². The number of aromatic nitrogens is 1. The van der Waals surface area contributed by atoms with Crippen LogP contribution in [0.2, 0.25) is 0 Å². The number of nitrogens with zero attached hydrogens (tertiary/aromatic N) is 1. The second-order valence-electron chi connectivity index (χ2n) is 5.80. The Balaban J connectivity index is 1.86. The number of hydrogen-bond acceptors (Lipinski definition) is 4. The highest BCUT2D eigenvalue weighted by molar-refractivity contribution is 7.11. The topological polar surface area (TPSA) is 79.3 Å². The minimum absolute atomic E-state index is 0.0635. The fourth-order valence-electron chi connectivity index (χ4n) is 3.03. The monoisotopic (exact) mass is 310 g/mol. The van der Waals surface area contributed by atoms with E-state index in [1.807, 2.05) is 6.20 Å². The van der Waals surface area contributed by atoms with Crippen molar-refractivity contribution in [3.05, 3.63) is 16.1 Å². The summed E-state index contributed by atoms with van der Waals surface area (Å²) in [5, 5.41) is 12.8. The number of carbonyl (C=O) groups excluding carboxylic acids is 1. The van der Waals surface area contributed by atoms with E-state index in [1.54, 1.807) is 11.3 Å². The summed E-state index contributed by atoms with van der Waals surface area (Å²) in [6.07, 6.45) is 6.92. The lowest BCUT2D eigenvalue weighted by atomic mass is 9.79. The molecular weight excluding hydrogens is 288 g/mol. The van der Waals surface area contributed by atoms with E-state index < -0.39 is 5.97 Å². The van der Waals surface area contributed by atoms with Gasteiger partial charge in [0, 0.05) is 17.5 Å². The van der Waals surface area contributed by atoms with E-state index in [4.69, 9.17) is 5.11 Å². The van der Waals surface area contributed by atoms with Gasteiger partial charge in [0.05, 0.1) is 13.0 Å². The average Bonchev–Trinajstić information content (AvgIpc) is 3.05. The number of nitrogens with one attached hydrogen (secondary N) is 1. The fraction of sp³-hybridized carbons (Fsp3) is 0.667. The normalized spacial score (nSPS) is 16.8. The standard InChI is InChI=1S/C15H22N2O3S/c1-2-11-9-17-13(21-11)10-16-12(18)7-15(8-14(19)20)5-3-4-6-15/h9H,2-8,10H2,1H3,(H,16,18)(H,19,20). The summed E-state index contributed by atoms with van der Waals surface area (Å²) in [6.45, 7) is 2.51. The molecule has 1 saturated carbocycles. The van der Waals surface area contributed by atoms with Crippen LogP contribution in [0.25, 0.3) is 0 Å². The zero-order chi connectivity index (χ0) is 15.3. The van der Waals surface area contributed by atoms with Crippen LogP contribution >= 0.6 is 11.3 Å². The van der Waals surface area contributed by atoms with Gasteiger partial charge in [0.15, 0.2) is 0 Å². The number of rotatable bonds is 7. The van der Waals surface area contributed by atoms with Gasteiger partial charge in [-0.15, -0.1) is 11.3 Å². The summed E-state index contributed by atoms with van der Waals surface area (Å²) in [4.78, 5) is 28.6. The molecule has 0 aliphatic heterocycles. The van der Waals surface area contributed by atoms with Crippen molar-refractivity contribution in [3.8, 4) is 0 Å². The average molecular weight is 310 g/mol. The van der Waals surface area contributed by atoms with Gasteiger partial charge >= 0.3 is 5.97 Å². The minimum Gasteiger partial charge on any atom is -0.481 e. The molecule has 0 bridgehead atoms. The first-order valence-electron chi connectivity index (χ1n) is 7.45. The summed E-state index contributed by atoms with van der Waals surface area (Å²) in [5.74, 6) is -0.872. The van der Waals surface area contributed by atoms with Gasteiger partial charge in [0.25, 0.3) is 0 Å². The SMILES string of the molecule is CCc1cnc(CNC(=O)CC2(CC(=O)O)CCCC2)s1. The van der Waals surface area contributed by atoms with E-state index in [0.717, 1.165) is 37.1 Å². The van der Waals surface area contributed by atoms with E-state index in [1.165, 1.54) is 4.88 Å². The molecule has 1 amide bonds. The largest absolute Gasteiger partial charge is 0.481 e. The fourth-order valence-corrected chi connectivity index (χ4v) is 3.83. The number of amides is 1. The number of carbonyl (C=O) groups is 2. The molecule has 1 aliphatic carbocycles. The zero-order valence-electron chi connectivity index (χ0n) is 12.4. The first-order chi connectivity index (χ1) is 10.0. The second kappa shape index (κ2) is 7.02. The van der Waals surface area contributed by atoms with Crippen LogP contribution < -0.4 is 5.32 Å². The summed E-state index contributed by atoms with van der Waals surface area (Å²) >= 11 is 1.61. The van der Waals surface area contributed by atoms with E-state index >= 15 is 0 Å². The predicted molar refractivity (Wildman–Crippen MR) is 81.1 cm³/mol. The molecule has 1 aliphatic rings. The molecular formula is C15H22N2O3S. The Morgan fingerprint density at radius 3 is 2.67 bits per heavy atom. The Bertz CT molecular complexity index is 507. The summed E-state index contributed by atoms with van der Waals surface area (Å²) in [6, 6.07) is 0. The first kappa shape index (κ1) is 15.9. The van der Waals surface area contributed by atoms with Gasteiger partial charge in [-0.1, -0.05) is 19.8 Å². The Kier molecular flexibility index (Phi) is 5.33. The summed E-state index contributed by atoms with van der Waals surface area (Å²) in [5.41, 5.74) is -0.340. The number of carboxylic acids is 1. The lowest BCUT2D eigenvalue weighted by Gasteiger charge is -2.26. The number of carboxylic acid groups (broad SMARTS) is 1. The van der Waals surface area contributed by atoms with Gasteiger partial charge in [-0.2, -0.15) is 0 Å². The number of aliphatic carboxylic acids is 1. The third-order valence-corrected chi connectivity index (χ3v) is 5.25. The Hall–Kier alpha value is -1.43. The highest BCUT2D eigenvalue weighted by Gasteiger charge is 2.37. The van der Waals surface area contributed by atoms with Gasteiger partial charge in [-0.05, 0) is 24.7 Å². The van der Waals surface area contributed by atoms with Gasteiger partial charge in [-0.25, -0.2) is 4.98 Å². The van der Waals surface area contributed by atoms with Crippen LogP contribution in [0.1, 0.15) is 55.3 Å². The third kappa shape index (κ3) is 4.52. The Morgan fingerprint density at radius 2 is 2.10 bits per heavy atom. The summed E-state index contributed by atoms with van der Waals surface area (Å²) in [7, 11) is 0. The van der Waals surface area contributed by atoms with Crippen LogP contribution in [0.4, 0.5) is 0 Å². The minimum atomic E-state index is -0.808. The van der Waals surface area contributed by atoms with Gasteiger partial charge in [0.2, 0.25) is 5.91 Å². The maximum atomic E-state index is 12.1. The molecule has 1 aromatic rings. The molecule has 1 heterocycles. The first-order valence-corrected chi connectivity index (χ1v) is 8.27. The van der Waals surface area contributed by atoms with Gasteiger partial charge in [-0.3, -0.25) is 9.59 Å². The van der Waals surface area contributed by atoms with Crippen LogP contribution in [0, 0.1) is 5.41 Å². The van der Waals surface area contributed by atoms with Gasteiger partial charge < -0.3 is 10.4 Å². The molecule has 2 rings (SSSR count). The van der Waals surface area contributed by atoms with Crippen LogP contribution in [0.3, 0.4) is 0 Å². The molecule has 0 unspecified atom stereocenters. The Morgan fingerprint density at radius 1 is 1.38 bits per heavy atom. The number of thiazole rings is 1. The number of hydrogen-bond donors (Lipinski definition) is 2. The van der Waals surface area contributed by atoms with Crippen molar-refractivity contribution in [2.24, 2.45) is 5.41 Å². The van der Waals surface area contributed by atoms with E-state index in [-0.39, 0.29) is 17.7 Å². The molecule has 6 heteroatoms. The lowest BCUT2D eigenvalue weighted by Crippen LogP contribution is -2.31. The third-order valence-electron chi connectivity index (χ3n) is 4.11. The molecule has 1 fully saturated rings. The van der Waals surface area contributed by atoms with Crippen molar-refractivity contribution in [2.75, 3.05) is 0 Å². The highest BCUT2D eigenvalue weighted by atomic mass is 32.1. The smallest absolute Gasteiger partial charge is 0.303 e. The van der Waals surface area contributed by atoms with Gasteiger partial charge in [0.1, 0.15) is 5.01 Å². The molecule has 0 saturated heterocycles. The maximum Gasteiger partial charge on any atom is 0.303 e. The molecule has 2 N–H and O–H groups in total. The van der Waals surface area contributed by atoms with Crippen LogP contribution in [0.15, 0.2) is 6.20 Å². The Labute approximate surface area is 128 Å². The van der Waals surface area contributed by atoms with Crippen molar-refractivity contribution in [2.45, 2.75) is 58.4 Å². The quantitative estimate of drug-likeness (QED) is 0.811. The van der Waals surface area contributed by atoms with Crippen LogP contribution in [0.5, 0.6) is 0 Å².